The number of hydrogen-bond donors (Lipinski definition) is 0. The molecule has 0 spiro atoms. The van der Waals surface area contributed by atoms with Crippen LogP contribution in [-0.4, -0.2) is 22.8 Å². The Bertz CT molecular complexity index is 8230. The van der Waals surface area contributed by atoms with Gasteiger partial charge in [-0.2, -0.15) is 0 Å². The van der Waals surface area contributed by atoms with Crippen molar-refractivity contribution in [2.45, 2.75) is 34.6 Å². The Morgan fingerprint density at radius 2 is 0.454 bits per heavy atom. The standard InChI is InChI=1S/5C25H19N/c1-18-10-8-16-22-24(18)25-21(19-11-4-2-5-12-19)15-9-17-23(25)26(22)20-13-6-3-7-14-20;1-18-16-22(19-10-4-2-5-11-19)25-21-14-8-9-15-23(21)26(24(25)17-18)20-12-6-3-7-13-20;1-18-16-17-21(19-10-4-2-5-11-19)24-22-14-8-9-15-23(22)26(25(18)24)20-12-6-3-7-13-20;1-18-16-17-23-25(24(18)19-10-4-2-5-11-19)21-14-8-9-15-22(21)26(23)20-12-6-3-7-13-20;1-18-15-16-22-24(17-18)26(20-11-6-3-7-12-20)23-14-8-13-21(25(22)23)19-9-4-2-5-10-19/h5*2-17H,1H3. The van der Waals surface area contributed by atoms with Crippen LogP contribution in [-0.2, 0) is 0 Å². The average Bonchev–Trinajstić information content (AvgIpc) is 1.58. The topological polar surface area (TPSA) is 24.6 Å². The smallest absolute Gasteiger partial charge is 0.0576 e. The normalized spacial score (nSPS) is 11.3. The van der Waals surface area contributed by atoms with Gasteiger partial charge in [0.2, 0.25) is 0 Å². The number of hydrogen-bond acceptors (Lipinski definition) is 0. The van der Waals surface area contributed by atoms with Crippen LogP contribution in [0.4, 0.5) is 0 Å². The summed E-state index contributed by atoms with van der Waals surface area (Å²) in [4.78, 5) is 0. The molecule has 0 bridgehead atoms. The fraction of sp³-hybridized carbons (Fsp3) is 0.0400. The molecule has 5 nitrogen and oxygen atoms in total. The van der Waals surface area contributed by atoms with E-state index in [1.54, 1.807) is 0 Å². The van der Waals surface area contributed by atoms with Gasteiger partial charge in [-0.3, -0.25) is 0 Å². The summed E-state index contributed by atoms with van der Waals surface area (Å²) < 4.78 is 11.9. The van der Waals surface area contributed by atoms with Crippen LogP contribution in [0.1, 0.15) is 27.8 Å². The van der Waals surface area contributed by atoms with E-state index >= 15 is 0 Å². The third-order valence-electron chi connectivity index (χ3n) is 25.4. The maximum atomic E-state index is 2.40. The van der Waals surface area contributed by atoms with E-state index < -0.39 is 0 Å². The molecule has 5 heterocycles. The number of rotatable bonds is 10. The molecule has 620 valence electrons. The number of benzene rings is 20. The van der Waals surface area contributed by atoms with Gasteiger partial charge in [-0.05, 0) is 233 Å². The molecule has 0 unspecified atom stereocenters. The lowest BCUT2D eigenvalue weighted by Gasteiger charge is -2.11. The zero-order valence-electron chi connectivity index (χ0n) is 73.4. The van der Waals surface area contributed by atoms with Crippen LogP contribution < -0.4 is 0 Å². The van der Waals surface area contributed by atoms with Gasteiger partial charge in [-0.1, -0.05) is 370 Å². The lowest BCUT2D eigenvalue weighted by atomic mass is 9.95. The number of nitrogens with zero attached hydrogens (tertiary/aromatic N) is 5. The van der Waals surface area contributed by atoms with Crippen LogP contribution in [0.5, 0.6) is 0 Å². The molecule has 130 heavy (non-hydrogen) atoms. The molecule has 0 N–H and O–H groups in total. The first kappa shape index (κ1) is 80.5. The zero-order valence-corrected chi connectivity index (χ0v) is 73.4. The predicted molar refractivity (Wildman–Crippen MR) is 555 cm³/mol. The van der Waals surface area contributed by atoms with E-state index in [9.17, 15) is 0 Å². The molecule has 0 saturated carbocycles. The summed E-state index contributed by atoms with van der Waals surface area (Å²) in [6, 6.07) is 173. The number of para-hydroxylation sites is 8. The van der Waals surface area contributed by atoms with E-state index in [0.717, 1.165) is 0 Å². The number of aromatic nitrogens is 5. The highest BCUT2D eigenvalue weighted by molar-refractivity contribution is 6.21. The summed E-state index contributed by atoms with van der Waals surface area (Å²) in [5.41, 5.74) is 37.8. The van der Waals surface area contributed by atoms with Crippen LogP contribution in [0.2, 0.25) is 0 Å². The van der Waals surface area contributed by atoms with Gasteiger partial charge in [0.1, 0.15) is 0 Å². The van der Waals surface area contributed by atoms with Crippen LogP contribution in [0, 0.1) is 34.6 Å². The van der Waals surface area contributed by atoms with Gasteiger partial charge in [-0.15, -0.1) is 0 Å². The molecule has 5 heteroatoms. The fourth-order valence-electron chi connectivity index (χ4n) is 19.8. The molecule has 25 rings (SSSR count). The average molecular weight is 1670 g/mol. The van der Waals surface area contributed by atoms with Crippen molar-refractivity contribution in [1.29, 1.82) is 0 Å². The van der Waals surface area contributed by atoms with Crippen molar-refractivity contribution in [3.05, 3.63) is 513 Å². The molecule has 0 aliphatic carbocycles. The Balaban J connectivity index is 0.0000000983. The largest absolute Gasteiger partial charge is 0.309 e. The van der Waals surface area contributed by atoms with Gasteiger partial charge < -0.3 is 22.8 Å². The van der Waals surface area contributed by atoms with Gasteiger partial charge >= 0.3 is 0 Å². The molecule has 0 fully saturated rings. The Kier molecular flexibility index (Phi) is 21.9. The lowest BCUT2D eigenvalue weighted by Crippen LogP contribution is -1.95. The van der Waals surface area contributed by atoms with Gasteiger partial charge in [0, 0.05) is 82.3 Å². The van der Waals surface area contributed by atoms with Gasteiger partial charge in [-0.25, -0.2) is 0 Å². The minimum atomic E-state index is 1.20. The molecule has 0 amide bonds. The SMILES string of the molecule is Cc1cc(-c2ccccc2)c2c3ccccc3n(-c3ccccc3)c2c1.Cc1ccc(-c2ccccc2)c2c3ccccc3n(-c3ccccc3)c12.Cc1ccc2c(c1-c1ccccc1)c1ccccc1n2-c1ccccc1.Cc1ccc2c3c(-c4ccccc4)cccc3n(-c3ccccc3)c2c1.Cc1cccc2c1c1c(-c3ccccc3)cccc1n2-c1ccccc1. The molecule has 20 aromatic carbocycles. The van der Waals surface area contributed by atoms with Gasteiger partial charge in [0.05, 0.1) is 55.2 Å². The Morgan fingerprint density at radius 1 is 0.146 bits per heavy atom. The summed E-state index contributed by atoms with van der Waals surface area (Å²) in [5, 5.41) is 13.2. The van der Waals surface area contributed by atoms with Crippen LogP contribution in [0.3, 0.4) is 0 Å². The highest BCUT2D eigenvalue weighted by atomic mass is 15.0. The van der Waals surface area contributed by atoms with Crippen molar-refractivity contribution in [1.82, 2.24) is 22.8 Å². The maximum Gasteiger partial charge on any atom is 0.0576 e. The van der Waals surface area contributed by atoms with Crippen molar-refractivity contribution in [3.8, 4) is 84.1 Å². The molecule has 0 aliphatic heterocycles. The minimum Gasteiger partial charge on any atom is -0.309 e. The van der Waals surface area contributed by atoms with E-state index in [1.165, 1.54) is 221 Å². The van der Waals surface area contributed by atoms with Crippen molar-refractivity contribution < 1.29 is 0 Å². The van der Waals surface area contributed by atoms with Gasteiger partial charge in [0.15, 0.2) is 0 Å². The first-order chi connectivity index (χ1) is 64.2. The van der Waals surface area contributed by atoms with Crippen molar-refractivity contribution >= 4 is 109 Å². The Morgan fingerprint density at radius 3 is 0.938 bits per heavy atom. The fourth-order valence-corrected chi connectivity index (χ4v) is 19.8. The van der Waals surface area contributed by atoms with Crippen LogP contribution >= 0.6 is 0 Å². The second kappa shape index (κ2) is 35.4. The quantitative estimate of drug-likeness (QED) is 0.130. The predicted octanol–water partition coefficient (Wildman–Crippen LogP) is 33.8. The zero-order chi connectivity index (χ0) is 87.5. The third kappa shape index (κ3) is 14.9. The molecule has 0 aliphatic rings. The van der Waals surface area contributed by atoms with E-state index in [-0.39, 0.29) is 0 Å². The summed E-state index contributed by atoms with van der Waals surface area (Å²) in [6.07, 6.45) is 0. The molecular formula is C125H95N5. The summed E-state index contributed by atoms with van der Waals surface area (Å²) in [6.45, 7) is 11.0. The summed E-state index contributed by atoms with van der Waals surface area (Å²) >= 11 is 0. The molecule has 0 radical (unpaired) electrons. The Hall–Kier alpha value is -16.6. The summed E-state index contributed by atoms with van der Waals surface area (Å²) in [5.74, 6) is 0. The lowest BCUT2D eigenvalue weighted by molar-refractivity contribution is 1.17. The van der Waals surface area contributed by atoms with Crippen molar-refractivity contribution in [2.75, 3.05) is 0 Å². The van der Waals surface area contributed by atoms with Crippen LogP contribution in [0.25, 0.3) is 193 Å². The molecule has 0 atom stereocenters. The van der Waals surface area contributed by atoms with E-state index in [1.807, 2.05) is 0 Å². The molecule has 25 aromatic rings. The number of aryl methyl sites for hydroxylation is 5. The first-order valence-electron chi connectivity index (χ1n) is 44.9. The molecule has 5 aromatic heterocycles. The second-order valence-electron chi connectivity index (χ2n) is 33.6. The van der Waals surface area contributed by atoms with Crippen molar-refractivity contribution in [3.63, 3.8) is 0 Å². The van der Waals surface area contributed by atoms with Crippen LogP contribution in [0.15, 0.2) is 485 Å². The monoisotopic (exact) mass is 1670 g/mol. The Labute approximate surface area is 758 Å². The molecular weight excluding hydrogens is 1570 g/mol. The second-order valence-corrected chi connectivity index (χ2v) is 33.6. The van der Waals surface area contributed by atoms with E-state index in [4.69, 9.17) is 0 Å². The van der Waals surface area contributed by atoms with E-state index in [2.05, 4.69) is 543 Å². The highest BCUT2D eigenvalue weighted by Crippen LogP contribution is 2.46. The summed E-state index contributed by atoms with van der Waals surface area (Å²) in [7, 11) is 0. The first-order valence-corrected chi connectivity index (χ1v) is 44.9. The third-order valence-corrected chi connectivity index (χ3v) is 25.4. The maximum absolute atomic E-state index is 2.40. The minimum absolute atomic E-state index is 1.20. The highest BCUT2D eigenvalue weighted by Gasteiger charge is 2.24. The number of fused-ring (bicyclic) bond motifs is 15. The molecule has 0 saturated heterocycles. The van der Waals surface area contributed by atoms with Crippen molar-refractivity contribution in [2.24, 2.45) is 0 Å². The van der Waals surface area contributed by atoms with Gasteiger partial charge in [0.25, 0.3) is 0 Å². The van der Waals surface area contributed by atoms with E-state index in [0.29, 0.717) is 0 Å².